The third-order valence-electron chi connectivity index (χ3n) is 4.35. The van der Waals surface area contributed by atoms with Gasteiger partial charge < -0.3 is 13.8 Å². The molecular weight excluding hydrogens is 344 g/mol. The van der Waals surface area contributed by atoms with Crippen LogP contribution >= 0.6 is 0 Å². The van der Waals surface area contributed by atoms with Crippen LogP contribution in [0, 0.1) is 0 Å². The van der Waals surface area contributed by atoms with Crippen molar-refractivity contribution >= 4 is 33.5 Å². The molecule has 0 bridgehead atoms. The van der Waals surface area contributed by atoms with E-state index in [9.17, 15) is 0 Å². The number of rotatable bonds is 2. The summed E-state index contributed by atoms with van der Waals surface area (Å²) in [6, 6.07) is 11.3. The van der Waals surface area contributed by atoms with Crippen molar-refractivity contribution in [1.29, 1.82) is 0 Å². The van der Waals surface area contributed by atoms with E-state index >= 15 is 0 Å². The molecule has 0 atom stereocenters. The standard InChI is InChI=1S/C19H10N6O2/c1-2-12-17(20-5-1)25-16(23-12)10-3-4-14-13(6-10)24-19(27-14)11-7-15-18(21-8-11)22-9-26-15/h1-9H,(H,20,23,25). The van der Waals surface area contributed by atoms with Gasteiger partial charge in [0.2, 0.25) is 5.89 Å². The number of hydrogen-bond acceptors (Lipinski definition) is 7. The molecule has 0 amide bonds. The van der Waals surface area contributed by atoms with Gasteiger partial charge in [-0.1, -0.05) is 0 Å². The molecule has 1 aromatic carbocycles. The third-order valence-corrected chi connectivity index (χ3v) is 4.35. The molecule has 5 aromatic heterocycles. The summed E-state index contributed by atoms with van der Waals surface area (Å²) in [6.45, 7) is 0. The van der Waals surface area contributed by atoms with Gasteiger partial charge in [0, 0.05) is 18.0 Å². The fraction of sp³-hybridized carbons (Fsp3) is 0. The van der Waals surface area contributed by atoms with Crippen molar-refractivity contribution in [3.63, 3.8) is 0 Å². The fourth-order valence-corrected chi connectivity index (χ4v) is 3.05. The Hall–Kier alpha value is -4.07. The number of hydrogen-bond donors (Lipinski definition) is 1. The van der Waals surface area contributed by atoms with Crippen molar-refractivity contribution in [1.82, 2.24) is 29.9 Å². The van der Waals surface area contributed by atoms with Crippen molar-refractivity contribution < 1.29 is 8.83 Å². The minimum Gasteiger partial charge on any atom is -0.442 e. The first-order valence-electron chi connectivity index (χ1n) is 8.25. The summed E-state index contributed by atoms with van der Waals surface area (Å²) in [5, 5.41) is 0. The Morgan fingerprint density at radius 1 is 0.852 bits per heavy atom. The van der Waals surface area contributed by atoms with Crippen molar-refractivity contribution in [3.8, 4) is 22.8 Å². The Balaban J connectivity index is 1.46. The molecule has 0 saturated carbocycles. The van der Waals surface area contributed by atoms with Crippen molar-refractivity contribution in [2.75, 3.05) is 0 Å². The Kier molecular flexibility index (Phi) is 2.73. The Labute approximate surface area is 150 Å². The highest BCUT2D eigenvalue weighted by Crippen LogP contribution is 2.29. The van der Waals surface area contributed by atoms with Gasteiger partial charge in [-0.25, -0.2) is 19.9 Å². The van der Waals surface area contributed by atoms with E-state index in [0.717, 1.165) is 33.6 Å². The number of fused-ring (bicyclic) bond motifs is 3. The maximum atomic E-state index is 5.87. The van der Waals surface area contributed by atoms with E-state index in [4.69, 9.17) is 8.83 Å². The number of benzene rings is 1. The molecule has 6 rings (SSSR count). The maximum absolute atomic E-state index is 5.87. The summed E-state index contributed by atoms with van der Waals surface area (Å²) in [4.78, 5) is 24.9. The van der Waals surface area contributed by atoms with Crippen LogP contribution in [0.3, 0.4) is 0 Å². The molecule has 6 aromatic rings. The lowest BCUT2D eigenvalue weighted by molar-refractivity contribution is 0.600. The lowest BCUT2D eigenvalue weighted by Gasteiger charge is -1.94. The first kappa shape index (κ1) is 14.1. The summed E-state index contributed by atoms with van der Waals surface area (Å²) in [5.74, 6) is 1.21. The number of pyridine rings is 2. The molecule has 0 aliphatic rings. The van der Waals surface area contributed by atoms with Gasteiger partial charge in [0.15, 0.2) is 28.9 Å². The Morgan fingerprint density at radius 2 is 1.85 bits per heavy atom. The molecule has 0 radical (unpaired) electrons. The molecule has 0 aliphatic carbocycles. The summed E-state index contributed by atoms with van der Waals surface area (Å²) in [5.41, 5.74) is 5.75. The minimum absolute atomic E-state index is 0.472. The zero-order valence-electron chi connectivity index (χ0n) is 13.7. The van der Waals surface area contributed by atoms with E-state index < -0.39 is 0 Å². The predicted octanol–water partition coefficient (Wildman–Crippen LogP) is 3.97. The van der Waals surface area contributed by atoms with Gasteiger partial charge in [0.05, 0.1) is 5.56 Å². The molecule has 27 heavy (non-hydrogen) atoms. The van der Waals surface area contributed by atoms with Gasteiger partial charge in [0.1, 0.15) is 16.9 Å². The van der Waals surface area contributed by atoms with Crippen LogP contribution in [0.1, 0.15) is 0 Å². The van der Waals surface area contributed by atoms with Crippen LogP contribution in [0.4, 0.5) is 0 Å². The molecular formula is C19H10N6O2. The van der Waals surface area contributed by atoms with Gasteiger partial charge in [-0.3, -0.25) is 0 Å². The molecule has 0 unspecified atom stereocenters. The van der Waals surface area contributed by atoms with E-state index in [-0.39, 0.29) is 0 Å². The molecule has 128 valence electrons. The van der Waals surface area contributed by atoms with E-state index in [0.29, 0.717) is 22.7 Å². The average Bonchev–Trinajstić information content (AvgIpc) is 3.42. The molecule has 8 heteroatoms. The maximum Gasteiger partial charge on any atom is 0.229 e. The van der Waals surface area contributed by atoms with Gasteiger partial charge in [-0.2, -0.15) is 4.98 Å². The number of nitrogens with zero attached hydrogens (tertiary/aromatic N) is 5. The molecule has 0 fully saturated rings. The van der Waals surface area contributed by atoms with Crippen molar-refractivity contribution in [2.24, 2.45) is 0 Å². The number of imidazole rings is 1. The van der Waals surface area contributed by atoms with Gasteiger partial charge >= 0.3 is 0 Å². The zero-order valence-corrected chi connectivity index (χ0v) is 13.7. The van der Waals surface area contributed by atoms with Crippen LogP contribution < -0.4 is 0 Å². The van der Waals surface area contributed by atoms with Crippen LogP contribution in [-0.4, -0.2) is 29.9 Å². The molecule has 5 heterocycles. The van der Waals surface area contributed by atoms with Crippen LogP contribution in [0.15, 0.2) is 64.0 Å². The quantitative estimate of drug-likeness (QED) is 0.501. The van der Waals surface area contributed by atoms with Crippen LogP contribution in [0.5, 0.6) is 0 Å². The van der Waals surface area contributed by atoms with Crippen molar-refractivity contribution in [3.05, 3.63) is 55.2 Å². The highest BCUT2D eigenvalue weighted by atomic mass is 16.3. The largest absolute Gasteiger partial charge is 0.442 e. The molecule has 0 aliphatic heterocycles. The van der Waals surface area contributed by atoms with Crippen molar-refractivity contribution in [2.45, 2.75) is 0 Å². The lowest BCUT2D eigenvalue weighted by Crippen LogP contribution is -1.82. The lowest BCUT2D eigenvalue weighted by atomic mass is 10.2. The summed E-state index contributed by atoms with van der Waals surface area (Å²) >= 11 is 0. The smallest absolute Gasteiger partial charge is 0.229 e. The van der Waals surface area contributed by atoms with Crippen LogP contribution in [0.2, 0.25) is 0 Å². The van der Waals surface area contributed by atoms with E-state index in [1.165, 1.54) is 6.39 Å². The SMILES string of the molecule is c1cnc2[nH]c(-c3ccc4oc(-c5cnc6ncoc6c5)nc4c3)nc2c1. The second-order valence-corrected chi connectivity index (χ2v) is 6.06. The number of H-pyrrole nitrogens is 1. The van der Waals surface area contributed by atoms with Crippen LogP contribution in [-0.2, 0) is 0 Å². The normalized spacial score (nSPS) is 11.7. The van der Waals surface area contributed by atoms with Gasteiger partial charge in [-0.05, 0) is 36.4 Å². The highest BCUT2D eigenvalue weighted by Gasteiger charge is 2.13. The summed E-state index contributed by atoms with van der Waals surface area (Å²) in [7, 11) is 0. The van der Waals surface area contributed by atoms with E-state index in [1.54, 1.807) is 12.4 Å². The number of nitrogens with one attached hydrogen (secondary N) is 1. The van der Waals surface area contributed by atoms with Gasteiger partial charge in [0.25, 0.3) is 0 Å². The molecule has 0 spiro atoms. The predicted molar refractivity (Wildman–Crippen MR) is 97.7 cm³/mol. The average molecular weight is 354 g/mol. The first-order chi connectivity index (χ1) is 13.3. The Bertz CT molecular complexity index is 1410. The number of oxazole rings is 2. The second-order valence-electron chi connectivity index (χ2n) is 6.06. The highest BCUT2D eigenvalue weighted by molar-refractivity contribution is 5.84. The third kappa shape index (κ3) is 2.20. The topological polar surface area (TPSA) is 107 Å². The number of aromatic nitrogens is 6. The molecule has 1 N–H and O–H groups in total. The Morgan fingerprint density at radius 3 is 2.81 bits per heavy atom. The summed E-state index contributed by atoms with van der Waals surface area (Å²) < 4.78 is 11.2. The monoisotopic (exact) mass is 354 g/mol. The zero-order chi connectivity index (χ0) is 17.8. The summed E-state index contributed by atoms with van der Waals surface area (Å²) in [6.07, 6.45) is 4.76. The minimum atomic E-state index is 0.472. The first-order valence-corrected chi connectivity index (χ1v) is 8.25. The molecule has 8 nitrogen and oxygen atoms in total. The second kappa shape index (κ2) is 5.21. The fourth-order valence-electron chi connectivity index (χ4n) is 3.05. The van der Waals surface area contributed by atoms with E-state index in [2.05, 4.69) is 29.9 Å². The number of aromatic amines is 1. The van der Waals surface area contributed by atoms with E-state index in [1.807, 2.05) is 36.4 Å². The molecule has 0 saturated heterocycles. The van der Waals surface area contributed by atoms with Gasteiger partial charge in [-0.15, -0.1) is 0 Å². The van der Waals surface area contributed by atoms with Crippen LogP contribution in [0.25, 0.3) is 56.3 Å².